The van der Waals surface area contributed by atoms with E-state index in [0.29, 0.717) is 6.54 Å². The highest BCUT2D eigenvalue weighted by atomic mass is 35.5. The Bertz CT molecular complexity index is 695. The van der Waals surface area contributed by atoms with Crippen LogP contribution < -0.4 is 10.0 Å². The molecule has 0 saturated carbocycles. The van der Waals surface area contributed by atoms with Crippen molar-refractivity contribution in [3.05, 3.63) is 28.8 Å². The van der Waals surface area contributed by atoms with Gasteiger partial charge in [0.25, 0.3) is 0 Å². The van der Waals surface area contributed by atoms with Gasteiger partial charge in [0.2, 0.25) is 10.0 Å². The summed E-state index contributed by atoms with van der Waals surface area (Å²) in [5, 5.41) is 12.3. The molecule has 2 N–H and O–H groups in total. The van der Waals surface area contributed by atoms with E-state index in [4.69, 9.17) is 16.9 Å². The van der Waals surface area contributed by atoms with Gasteiger partial charge < -0.3 is 5.32 Å². The monoisotopic (exact) mass is 341 g/mol. The second-order valence-electron chi connectivity index (χ2n) is 6.20. The molecule has 1 aliphatic heterocycles. The minimum Gasteiger partial charge on any atom is -0.312 e. The number of hydrogen-bond acceptors (Lipinski definition) is 4. The largest absolute Gasteiger partial charge is 0.312 e. The quantitative estimate of drug-likeness (QED) is 0.880. The highest BCUT2D eigenvalue weighted by Crippen LogP contribution is 2.30. The predicted octanol–water partition coefficient (Wildman–Crippen LogP) is 2.27. The standard InChI is InChI=1S/C15H20ClN3O2S/c1-15(2)6-3-7-18-14(15)10-19-22(20,21)12-5-4-11(9-17)13(16)8-12/h4-5,8,14,18-19H,3,6-7,10H2,1-2H3. The molecule has 7 heteroatoms. The number of nitriles is 1. The number of nitrogens with zero attached hydrogens (tertiary/aromatic N) is 1. The van der Waals surface area contributed by atoms with Crippen LogP contribution in [-0.2, 0) is 10.0 Å². The summed E-state index contributed by atoms with van der Waals surface area (Å²) >= 11 is 5.90. The molecule has 0 amide bonds. The number of halogens is 1. The van der Waals surface area contributed by atoms with Crippen LogP contribution in [0.15, 0.2) is 23.1 Å². The van der Waals surface area contributed by atoms with Crippen LogP contribution in [0.5, 0.6) is 0 Å². The highest BCUT2D eigenvalue weighted by Gasteiger charge is 2.32. The Hall–Kier alpha value is -1.13. The molecule has 1 unspecified atom stereocenters. The molecule has 0 aromatic heterocycles. The molecule has 0 radical (unpaired) electrons. The summed E-state index contributed by atoms with van der Waals surface area (Å²) in [5.41, 5.74) is 0.305. The summed E-state index contributed by atoms with van der Waals surface area (Å²) in [4.78, 5) is 0.0742. The van der Waals surface area contributed by atoms with Crippen LogP contribution in [-0.4, -0.2) is 27.5 Å². The molecule has 1 fully saturated rings. The Morgan fingerprint density at radius 1 is 1.50 bits per heavy atom. The van der Waals surface area contributed by atoms with E-state index in [-0.39, 0.29) is 26.9 Å². The molecule has 1 saturated heterocycles. The predicted molar refractivity (Wildman–Crippen MR) is 86.2 cm³/mol. The van der Waals surface area contributed by atoms with Crippen LogP contribution in [0, 0.1) is 16.7 Å². The molecular weight excluding hydrogens is 322 g/mol. The maximum atomic E-state index is 12.4. The smallest absolute Gasteiger partial charge is 0.240 e. The number of benzene rings is 1. The Morgan fingerprint density at radius 2 is 2.23 bits per heavy atom. The second kappa shape index (κ2) is 6.55. The van der Waals surface area contributed by atoms with Crippen molar-refractivity contribution in [2.24, 2.45) is 5.41 Å². The van der Waals surface area contributed by atoms with Crippen LogP contribution in [0.25, 0.3) is 0 Å². The van der Waals surface area contributed by atoms with Crippen molar-refractivity contribution in [1.29, 1.82) is 5.26 Å². The number of rotatable bonds is 4. The van der Waals surface area contributed by atoms with Crippen LogP contribution >= 0.6 is 11.6 Å². The van der Waals surface area contributed by atoms with Crippen molar-refractivity contribution in [3.8, 4) is 6.07 Å². The molecule has 1 heterocycles. The van der Waals surface area contributed by atoms with E-state index < -0.39 is 10.0 Å². The zero-order valence-electron chi connectivity index (χ0n) is 12.7. The second-order valence-corrected chi connectivity index (χ2v) is 8.38. The molecule has 0 aliphatic carbocycles. The molecule has 0 bridgehead atoms. The van der Waals surface area contributed by atoms with Crippen LogP contribution in [0.2, 0.25) is 5.02 Å². The Kier molecular flexibility index (Phi) is 5.13. The summed E-state index contributed by atoms with van der Waals surface area (Å²) in [7, 11) is -3.64. The summed E-state index contributed by atoms with van der Waals surface area (Å²) < 4.78 is 27.3. The molecule has 1 aromatic rings. The highest BCUT2D eigenvalue weighted by molar-refractivity contribution is 7.89. The molecule has 1 aliphatic rings. The van der Waals surface area contributed by atoms with Gasteiger partial charge in [-0.1, -0.05) is 25.4 Å². The van der Waals surface area contributed by atoms with Gasteiger partial charge >= 0.3 is 0 Å². The molecule has 22 heavy (non-hydrogen) atoms. The molecule has 120 valence electrons. The van der Waals surface area contributed by atoms with Gasteiger partial charge in [-0.05, 0) is 43.0 Å². The molecule has 0 spiro atoms. The number of hydrogen-bond donors (Lipinski definition) is 2. The van der Waals surface area contributed by atoms with E-state index in [1.807, 2.05) is 6.07 Å². The zero-order chi connectivity index (χ0) is 16.4. The van der Waals surface area contributed by atoms with E-state index in [9.17, 15) is 8.42 Å². The average Bonchev–Trinajstić information content (AvgIpc) is 2.45. The fraction of sp³-hybridized carbons (Fsp3) is 0.533. The summed E-state index contributed by atoms with van der Waals surface area (Å²) in [6, 6.07) is 6.12. The fourth-order valence-electron chi connectivity index (χ4n) is 2.65. The fourth-order valence-corrected chi connectivity index (χ4v) is 4.01. The van der Waals surface area contributed by atoms with Crippen molar-refractivity contribution in [3.63, 3.8) is 0 Å². The van der Waals surface area contributed by atoms with Crippen molar-refractivity contribution in [1.82, 2.24) is 10.0 Å². The van der Waals surface area contributed by atoms with Crippen molar-refractivity contribution >= 4 is 21.6 Å². The van der Waals surface area contributed by atoms with Crippen LogP contribution in [0.4, 0.5) is 0 Å². The summed E-state index contributed by atoms with van der Waals surface area (Å²) in [6.45, 7) is 5.50. The molecule has 1 aromatic carbocycles. The van der Waals surface area contributed by atoms with E-state index in [2.05, 4.69) is 23.9 Å². The number of nitrogens with one attached hydrogen (secondary N) is 2. The van der Waals surface area contributed by atoms with Gasteiger partial charge in [0, 0.05) is 12.6 Å². The average molecular weight is 342 g/mol. The van der Waals surface area contributed by atoms with Gasteiger partial charge in [0.15, 0.2) is 0 Å². The van der Waals surface area contributed by atoms with E-state index >= 15 is 0 Å². The normalized spacial score (nSPS) is 21.3. The Morgan fingerprint density at radius 3 is 2.82 bits per heavy atom. The third kappa shape index (κ3) is 3.79. The third-order valence-electron chi connectivity index (χ3n) is 4.18. The van der Waals surface area contributed by atoms with Gasteiger partial charge in [-0.25, -0.2) is 13.1 Å². The molecule has 1 atom stereocenters. The third-order valence-corrected chi connectivity index (χ3v) is 5.91. The maximum absolute atomic E-state index is 12.4. The van der Waals surface area contributed by atoms with E-state index in [1.54, 1.807) is 0 Å². The molecular formula is C15H20ClN3O2S. The van der Waals surface area contributed by atoms with E-state index in [1.165, 1.54) is 18.2 Å². The summed E-state index contributed by atoms with van der Waals surface area (Å²) in [6.07, 6.45) is 2.16. The number of sulfonamides is 1. The van der Waals surface area contributed by atoms with Crippen molar-refractivity contribution in [2.45, 2.75) is 37.6 Å². The van der Waals surface area contributed by atoms with Crippen molar-refractivity contribution in [2.75, 3.05) is 13.1 Å². The Balaban J connectivity index is 2.11. The lowest BCUT2D eigenvalue weighted by atomic mass is 9.78. The van der Waals surface area contributed by atoms with Crippen LogP contribution in [0.1, 0.15) is 32.3 Å². The first-order valence-electron chi connectivity index (χ1n) is 7.19. The Labute approximate surface area is 136 Å². The van der Waals surface area contributed by atoms with Gasteiger partial charge in [-0.15, -0.1) is 0 Å². The minimum absolute atomic E-state index is 0.0447. The SMILES string of the molecule is CC1(C)CCCNC1CNS(=O)(=O)c1ccc(C#N)c(Cl)c1. The lowest BCUT2D eigenvalue weighted by Gasteiger charge is -2.39. The maximum Gasteiger partial charge on any atom is 0.240 e. The zero-order valence-corrected chi connectivity index (χ0v) is 14.3. The number of piperidine rings is 1. The first-order chi connectivity index (χ1) is 10.3. The van der Waals surface area contributed by atoms with Crippen molar-refractivity contribution < 1.29 is 8.42 Å². The van der Waals surface area contributed by atoms with E-state index in [0.717, 1.165) is 19.4 Å². The molecule has 5 nitrogen and oxygen atoms in total. The first-order valence-corrected chi connectivity index (χ1v) is 9.05. The van der Waals surface area contributed by atoms with Crippen LogP contribution in [0.3, 0.4) is 0 Å². The van der Waals surface area contributed by atoms with Gasteiger partial charge in [0.1, 0.15) is 6.07 Å². The van der Waals surface area contributed by atoms with Gasteiger partial charge in [-0.3, -0.25) is 0 Å². The molecule has 2 rings (SSSR count). The lowest BCUT2D eigenvalue weighted by molar-refractivity contribution is 0.181. The first kappa shape index (κ1) is 17.2. The van der Waals surface area contributed by atoms with Gasteiger partial charge in [0.05, 0.1) is 15.5 Å². The van der Waals surface area contributed by atoms with Gasteiger partial charge in [-0.2, -0.15) is 5.26 Å². The lowest BCUT2D eigenvalue weighted by Crippen LogP contribution is -2.52. The topological polar surface area (TPSA) is 82.0 Å². The minimum atomic E-state index is -3.64. The summed E-state index contributed by atoms with van der Waals surface area (Å²) in [5.74, 6) is 0.